The molecule has 98 valence electrons. The van der Waals surface area contributed by atoms with Gasteiger partial charge in [-0.2, -0.15) is 0 Å². The van der Waals surface area contributed by atoms with Crippen molar-refractivity contribution >= 4 is 28.9 Å². The first-order valence-corrected chi connectivity index (χ1v) is 5.26. The topological polar surface area (TPSA) is 102 Å². The van der Waals surface area contributed by atoms with Gasteiger partial charge in [-0.1, -0.05) is 11.6 Å². The number of esters is 1. The molecule has 7 nitrogen and oxygen atoms in total. The number of halogens is 1. The summed E-state index contributed by atoms with van der Waals surface area (Å²) in [6.07, 6.45) is 0. The van der Waals surface area contributed by atoms with Crippen molar-refractivity contribution in [2.75, 3.05) is 19.0 Å². The molecule has 0 aromatic heterocycles. The van der Waals surface area contributed by atoms with E-state index in [0.29, 0.717) is 5.69 Å². The average molecular weight is 275 g/mol. The fourth-order valence-corrected chi connectivity index (χ4v) is 1.47. The first kappa shape index (κ1) is 14.2. The Balaban J connectivity index is 2.90. The third-order valence-electron chi connectivity index (χ3n) is 2.16. The zero-order valence-electron chi connectivity index (χ0n) is 9.42. The quantitative estimate of drug-likeness (QED) is 0.475. The molecule has 0 aliphatic heterocycles. The number of carbonyl (C=O) groups excluding carboxylic acids is 1. The molecule has 1 aromatic carbocycles. The van der Waals surface area contributed by atoms with Crippen molar-refractivity contribution in [3.8, 4) is 0 Å². The highest BCUT2D eigenvalue weighted by molar-refractivity contribution is 6.33. The van der Waals surface area contributed by atoms with Crippen molar-refractivity contribution in [1.29, 1.82) is 0 Å². The lowest BCUT2D eigenvalue weighted by molar-refractivity contribution is -0.384. The number of hydrogen-bond acceptors (Lipinski definition) is 6. The highest BCUT2D eigenvalue weighted by Gasteiger charge is 2.19. The second-order valence-electron chi connectivity index (χ2n) is 3.32. The molecule has 1 atom stereocenters. The van der Waals surface area contributed by atoms with E-state index >= 15 is 0 Å². The van der Waals surface area contributed by atoms with Crippen molar-refractivity contribution in [2.24, 2.45) is 0 Å². The van der Waals surface area contributed by atoms with E-state index in [0.717, 1.165) is 6.07 Å². The Hall–Kier alpha value is -1.86. The lowest BCUT2D eigenvalue weighted by Crippen LogP contribution is -2.34. The van der Waals surface area contributed by atoms with E-state index in [2.05, 4.69) is 10.1 Å². The Kier molecular flexibility index (Phi) is 4.87. The summed E-state index contributed by atoms with van der Waals surface area (Å²) in [4.78, 5) is 21.2. The first-order chi connectivity index (χ1) is 8.49. The highest BCUT2D eigenvalue weighted by Crippen LogP contribution is 2.27. The number of aliphatic hydroxyl groups is 1. The zero-order chi connectivity index (χ0) is 13.7. The van der Waals surface area contributed by atoms with E-state index in [9.17, 15) is 14.9 Å². The number of nitro groups is 1. The number of anilines is 1. The molecule has 0 radical (unpaired) electrons. The van der Waals surface area contributed by atoms with Crippen molar-refractivity contribution in [2.45, 2.75) is 6.04 Å². The van der Waals surface area contributed by atoms with E-state index in [1.54, 1.807) is 0 Å². The molecule has 1 aromatic rings. The maximum absolute atomic E-state index is 11.2. The predicted octanol–water partition coefficient (Wildman–Crippen LogP) is 1.19. The van der Waals surface area contributed by atoms with E-state index in [1.807, 2.05) is 0 Å². The van der Waals surface area contributed by atoms with Crippen LogP contribution in [0, 0.1) is 10.1 Å². The second-order valence-corrected chi connectivity index (χ2v) is 3.73. The molecule has 0 amide bonds. The molecule has 0 aliphatic rings. The van der Waals surface area contributed by atoms with Crippen LogP contribution in [-0.4, -0.2) is 35.8 Å². The second kappa shape index (κ2) is 6.18. The van der Waals surface area contributed by atoms with Gasteiger partial charge in [0, 0.05) is 12.1 Å². The predicted molar refractivity (Wildman–Crippen MR) is 64.6 cm³/mol. The van der Waals surface area contributed by atoms with E-state index < -0.39 is 23.5 Å². The molecule has 0 spiro atoms. The Morgan fingerprint density at radius 1 is 1.67 bits per heavy atom. The van der Waals surface area contributed by atoms with Crippen molar-refractivity contribution in [3.63, 3.8) is 0 Å². The smallest absolute Gasteiger partial charge is 0.330 e. The van der Waals surface area contributed by atoms with Gasteiger partial charge in [0.15, 0.2) is 0 Å². The minimum atomic E-state index is -0.978. The summed E-state index contributed by atoms with van der Waals surface area (Å²) in [7, 11) is 1.18. The molecule has 0 saturated heterocycles. The van der Waals surface area contributed by atoms with Gasteiger partial charge in [-0.05, 0) is 6.07 Å². The summed E-state index contributed by atoms with van der Waals surface area (Å²) in [6.45, 7) is -0.486. The third kappa shape index (κ3) is 3.31. The standard InChI is InChI=1S/C10H11ClN2O5/c1-18-10(15)9(5-14)12-8-3-2-6(13(16)17)4-7(8)11/h2-4,9,12,14H,5H2,1H3. The Morgan fingerprint density at radius 2 is 2.33 bits per heavy atom. The number of methoxy groups -OCH3 is 1. The van der Waals surface area contributed by atoms with Gasteiger partial charge in [0.05, 0.1) is 29.4 Å². The van der Waals surface area contributed by atoms with Crippen LogP contribution in [0.3, 0.4) is 0 Å². The molecule has 8 heteroatoms. The molecule has 1 unspecified atom stereocenters. The maximum Gasteiger partial charge on any atom is 0.330 e. The molecule has 0 bridgehead atoms. The van der Waals surface area contributed by atoms with Gasteiger partial charge in [0.2, 0.25) is 0 Å². The number of ether oxygens (including phenoxy) is 1. The monoisotopic (exact) mass is 274 g/mol. The van der Waals surface area contributed by atoms with E-state index in [-0.39, 0.29) is 10.7 Å². The van der Waals surface area contributed by atoms with Gasteiger partial charge in [-0.25, -0.2) is 4.79 Å². The Labute approximate surface area is 107 Å². The van der Waals surface area contributed by atoms with Gasteiger partial charge in [0.25, 0.3) is 5.69 Å². The normalized spacial score (nSPS) is 11.7. The zero-order valence-corrected chi connectivity index (χ0v) is 10.2. The number of nitro benzene ring substituents is 1. The summed E-state index contributed by atoms with van der Waals surface area (Å²) in [5.74, 6) is -0.660. The number of rotatable bonds is 5. The molecular formula is C10H11ClN2O5. The summed E-state index contributed by atoms with van der Waals surface area (Å²) in [5.41, 5.74) is 0.135. The van der Waals surface area contributed by atoms with Gasteiger partial charge in [-0.15, -0.1) is 0 Å². The van der Waals surface area contributed by atoms with Crippen LogP contribution in [0.15, 0.2) is 18.2 Å². The Bertz CT molecular complexity index is 466. The number of benzene rings is 1. The molecule has 1 rings (SSSR count). The molecule has 0 fully saturated rings. The van der Waals surface area contributed by atoms with Crippen LogP contribution in [0.25, 0.3) is 0 Å². The first-order valence-electron chi connectivity index (χ1n) is 4.88. The fourth-order valence-electron chi connectivity index (χ4n) is 1.24. The Morgan fingerprint density at radius 3 is 2.78 bits per heavy atom. The minimum Gasteiger partial charge on any atom is -0.467 e. The largest absolute Gasteiger partial charge is 0.467 e. The molecular weight excluding hydrogens is 264 g/mol. The molecule has 18 heavy (non-hydrogen) atoms. The van der Waals surface area contributed by atoms with Crippen LogP contribution in [0.5, 0.6) is 0 Å². The summed E-state index contributed by atoms with van der Waals surface area (Å²) >= 11 is 5.82. The van der Waals surface area contributed by atoms with Gasteiger partial charge in [0.1, 0.15) is 6.04 Å². The minimum absolute atomic E-state index is 0.0755. The number of carbonyl (C=O) groups is 1. The number of non-ortho nitro benzene ring substituents is 1. The van der Waals surface area contributed by atoms with Gasteiger partial charge in [-0.3, -0.25) is 10.1 Å². The van der Waals surface area contributed by atoms with E-state index in [4.69, 9.17) is 16.7 Å². The van der Waals surface area contributed by atoms with Gasteiger partial charge >= 0.3 is 5.97 Å². The molecule has 0 aliphatic carbocycles. The van der Waals surface area contributed by atoms with Crippen LogP contribution in [-0.2, 0) is 9.53 Å². The van der Waals surface area contributed by atoms with Crippen LogP contribution in [0.4, 0.5) is 11.4 Å². The third-order valence-corrected chi connectivity index (χ3v) is 2.47. The number of aliphatic hydroxyl groups excluding tert-OH is 1. The lowest BCUT2D eigenvalue weighted by atomic mass is 10.2. The van der Waals surface area contributed by atoms with Crippen molar-refractivity contribution < 1.29 is 19.6 Å². The molecule has 0 heterocycles. The molecule has 0 saturated carbocycles. The molecule has 2 N–H and O–H groups in total. The van der Waals surface area contributed by atoms with E-state index in [1.165, 1.54) is 19.2 Å². The van der Waals surface area contributed by atoms with Crippen LogP contribution in [0.2, 0.25) is 5.02 Å². The number of nitrogens with zero attached hydrogens (tertiary/aromatic N) is 1. The van der Waals surface area contributed by atoms with Crippen LogP contribution < -0.4 is 5.32 Å². The average Bonchev–Trinajstić information content (AvgIpc) is 2.36. The van der Waals surface area contributed by atoms with Crippen LogP contribution >= 0.6 is 11.6 Å². The summed E-state index contributed by atoms with van der Waals surface area (Å²) in [5, 5.41) is 22.2. The lowest BCUT2D eigenvalue weighted by Gasteiger charge is -2.15. The highest BCUT2D eigenvalue weighted by atomic mass is 35.5. The SMILES string of the molecule is COC(=O)C(CO)Nc1ccc([N+](=O)[O-])cc1Cl. The van der Waals surface area contributed by atoms with Crippen molar-refractivity contribution in [1.82, 2.24) is 0 Å². The van der Waals surface area contributed by atoms with Crippen molar-refractivity contribution in [3.05, 3.63) is 33.3 Å². The fraction of sp³-hybridized carbons (Fsp3) is 0.300. The summed E-state index contributed by atoms with van der Waals surface area (Å²) < 4.78 is 4.46. The number of hydrogen-bond donors (Lipinski definition) is 2. The maximum atomic E-state index is 11.2. The summed E-state index contributed by atoms with van der Waals surface area (Å²) in [6, 6.07) is 2.76. The van der Waals surface area contributed by atoms with Crippen LogP contribution in [0.1, 0.15) is 0 Å². The van der Waals surface area contributed by atoms with Gasteiger partial charge < -0.3 is 15.2 Å². The number of nitrogens with one attached hydrogen (secondary N) is 1.